The second kappa shape index (κ2) is 8.82. The fraction of sp³-hybridized carbons (Fsp3) is 0.200. The van der Waals surface area contributed by atoms with Gasteiger partial charge in [0, 0.05) is 12.2 Å². The number of nitrogens with zero attached hydrogens (tertiary/aromatic N) is 2. The van der Waals surface area contributed by atoms with E-state index in [4.69, 9.17) is 5.73 Å². The number of anilines is 1. The first-order valence-electron chi connectivity index (χ1n) is 6.22. The first kappa shape index (κ1) is 16.8. The number of nitriles is 1. The largest absolute Gasteiger partial charge is 0.398 e. The summed E-state index contributed by atoms with van der Waals surface area (Å²) in [5, 5.41) is 12.7. The molecule has 110 valence electrons. The molecule has 0 aliphatic carbocycles. The van der Waals surface area contributed by atoms with E-state index >= 15 is 0 Å². The molecule has 0 fully saturated rings. The molecule has 4 nitrogen and oxygen atoms in total. The Labute approximate surface area is 128 Å². The maximum atomic E-state index is 13.7. The molecule has 1 aromatic rings. The van der Waals surface area contributed by atoms with E-state index < -0.39 is 0 Å². The van der Waals surface area contributed by atoms with E-state index in [2.05, 4.69) is 23.1 Å². The average Bonchev–Trinajstić information content (AvgIpc) is 2.49. The fourth-order valence-electron chi connectivity index (χ4n) is 1.56. The Morgan fingerprint density at radius 3 is 2.86 bits per heavy atom. The summed E-state index contributed by atoms with van der Waals surface area (Å²) in [4.78, 5) is 3.72. The van der Waals surface area contributed by atoms with E-state index in [-0.39, 0.29) is 11.4 Å². The molecule has 0 aliphatic heterocycles. The first-order valence-corrected chi connectivity index (χ1v) is 7.45. The van der Waals surface area contributed by atoms with Gasteiger partial charge in [0.1, 0.15) is 17.5 Å². The Hall–Kier alpha value is -2.26. The summed E-state index contributed by atoms with van der Waals surface area (Å²) in [5.74, 6) is -0.389. The van der Waals surface area contributed by atoms with Crippen molar-refractivity contribution in [3.05, 3.63) is 52.5 Å². The minimum atomic E-state index is -0.389. The molecule has 0 aliphatic rings. The van der Waals surface area contributed by atoms with Gasteiger partial charge in [-0.05, 0) is 31.5 Å². The molecule has 0 saturated heterocycles. The lowest BCUT2D eigenvalue weighted by atomic mass is 10.2. The molecule has 0 spiro atoms. The Morgan fingerprint density at radius 2 is 2.29 bits per heavy atom. The number of thioether (sulfide) groups is 1. The average molecular weight is 304 g/mol. The lowest BCUT2D eigenvalue weighted by Crippen LogP contribution is -2.08. The van der Waals surface area contributed by atoms with Crippen molar-refractivity contribution in [2.45, 2.75) is 6.42 Å². The van der Waals surface area contributed by atoms with Gasteiger partial charge in [-0.25, -0.2) is 4.39 Å². The number of para-hydroxylation sites is 1. The molecule has 0 bridgehead atoms. The lowest BCUT2D eigenvalue weighted by Gasteiger charge is -2.12. The molecule has 0 amide bonds. The van der Waals surface area contributed by atoms with Gasteiger partial charge in [0.25, 0.3) is 0 Å². The molecule has 1 rings (SSSR count). The molecule has 0 saturated carbocycles. The summed E-state index contributed by atoms with van der Waals surface area (Å²) in [5.41, 5.74) is 6.84. The summed E-state index contributed by atoms with van der Waals surface area (Å²) in [6.07, 6.45) is 4.10. The van der Waals surface area contributed by atoms with Crippen LogP contribution in [0.15, 0.2) is 51.6 Å². The van der Waals surface area contributed by atoms with Gasteiger partial charge in [0.05, 0.1) is 10.7 Å². The lowest BCUT2D eigenvalue weighted by molar-refractivity contribution is 0.631. The van der Waals surface area contributed by atoms with Crippen molar-refractivity contribution in [3.8, 4) is 6.07 Å². The van der Waals surface area contributed by atoms with Crippen molar-refractivity contribution in [1.82, 2.24) is 0 Å². The molecule has 0 atom stereocenters. The molecular weight excluding hydrogens is 287 g/mol. The highest BCUT2D eigenvalue weighted by atomic mass is 32.2. The highest BCUT2D eigenvalue weighted by Gasteiger charge is 2.11. The minimum absolute atomic E-state index is 0.287. The minimum Gasteiger partial charge on any atom is -0.398 e. The predicted molar refractivity (Wildman–Crippen MR) is 87.5 cm³/mol. The Bertz CT molecular complexity index is 602. The summed E-state index contributed by atoms with van der Waals surface area (Å²) in [6.45, 7) is 3.92. The van der Waals surface area contributed by atoms with Crippen molar-refractivity contribution in [2.75, 3.05) is 18.1 Å². The van der Waals surface area contributed by atoms with Crippen LogP contribution >= 0.6 is 11.8 Å². The van der Waals surface area contributed by atoms with Crippen LogP contribution < -0.4 is 11.1 Å². The highest BCUT2D eigenvalue weighted by molar-refractivity contribution is 8.02. The van der Waals surface area contributed by atoms with Crippen LogP contribution in [0.25, 0.3) is 0 Å². The molecule has 6 heteroatoms. The standard InChI is InChI=1S/C15H17FN4S/c1-19-9-5-7-13(18)11(10-17)15(21-2)20-14-8-4-3-6-12(14)16/h3-4,6-8,20H,1,5,9,18H2,2H3/b13-7-,15-11-. The third-order valence-corrected chi connectivity index (χ3v) is 3.32. The van der Waals surface area contributed by atoms with E-state index in [1.54, 1.807) is 30.5 Å². The number of halogens is 1. The number of allylic oxidation sites excluding steroid dienone is 1. The fourth-order valence-corrected chi connectivity index (χ4v) is 2.14. The summed E-state index contributed by atoms with van der Waals surface area (Å²) < 4.78 is 13.7. The molecule has 1 aromatic carbocycles. The van der Waals surface area contributed by atoms with Crippen molar-refractivity contribution in [2.24, 2.45) is 10.7 Å². The second-order valence-electron chi connectivity index (χ2n) is 4.02. The molecule has 0 radical (unpaired) electrons. The number of nitrogens with two attached hydrogens (primary N) is 1. The SMILES string of the molecule is C=NCC/C=C(N)/C(C#N)=C(/Nc1ccccc1F)SC. The Kier molecular flexibility index (Phi) is 7.05. The smallest absolute Gasteiger partial charge is 0.146 e. The van der Waals surface area contributed by atoms with E-state index in [0.29, 0.717) is 29.4 Å². The highest BCUT2D eigenvalue weighted by Crippen LogP contribution is 2.24. The van der Waals surface area contributed by atoms with Crippen molar-refractivity contribution in [1.29, 1.82) is 5.26 Å². The van der Waals surface area contributed by atoms with Crippen LogP contribution in [0, 0.1) is 17.1 Å². The zero-order chi connectivity index (χ0) is 15.7. The maximum absolute atomic E-state index is 13.7. The summed E-state index contributed by atoms with van der Waals surface area (Å²) >= 11 is 1.30. The van der Waals surface area contributed by atoms with Crippen LogP contribution in [0.2, 0.25) is 0 Å². The van der Waals surface area contributed by atoms with Crippen LogP contribution in [-0.2, 0) is 0 Å². The number of rotatable bonds is 7. The molecular formula is C15H17FN4S. The van der Waals surface area contributed by atoms with Gasteiger partial charge in [0.15, 0.2) is 0 Å². The predicted octanol–water partition coefficient (Wildman–Crippen LogP) is 3.27. The van der Waals surface area contributed by atoms with Gasteiger partial charge < -0.3 is 16.0 Å². The quantitative estimate of drug-likeness (QED) is 0.351. The summed E-state index contributed by atoms with van der Waals surface area (Å²) in [7, 11) is 0. The topological polar surface area (TPSA) is 74.2 Å². The van der Waals surface area contributed by atoms with E-state index in [1.165, 1.54) is 17.8 Å². The van der Waals surface area contributed by atoms with Gasteiger partial charge in [-0.2, -0.15) is 5.26 Å². The van der Waals surface area contributed by atoms with Crippen molar-refractivity contribution < 1.29 is 4.39 Å². The van der Waals surface area contributed by atoms with Gasteiger partial charge in [-0.1, -0.05) is 18.2 Å². The van der Waals surface area contributed by atoms with Crippen molar-refractivity contribution in [3.63, 3.8) is 0 Å². The summed E-state index contributed by atoms with van der Waals surface area (Å²) in [6, 6.07) is 8.32. The number of aliphatic imine (C=N–C) groups is 1. The second-order valence-corrected chi connectivity index (χ2v) is 4.84. The van der Waals surface area contributed by atoms with Crippen LogP contribution in [0.4, 0.5) is 10.1 Å². The van der Waals surface area contributed by atoms with E-state index in [1.807, 2.05) is 0 Å². The molecule has 3 N–H and O–H groups in total. The third kappa shape index (κ3) is 4.97. The molecule has 0 aromatic heterocycles. The molecule has 0 heterocycles. The van der Waals surface area contributed by atoms with Gasteiger partial charge in [0.2, 0.25) is 0 Å². The monoisotopic (exact) mass is 304 g/mol. The third-order valence-electron chi connectivity index (χ3n) is 2.61. The Balaban J connectivity index is 3.07. The zero-order valence-corrected chi connectivity index (χ0v) is 12.6. The maximum Gasteiger partial charge on any atom is 0.146 e. The number of hydrogen-bond acceptors (Lipinski definition) is 5. The van der Waals surface area contributed by atoms with Crippen molar-refractivity contribution >= 4 is 24.2 Å². The number of nitrogens with one attached hydrogen (secondary N) is 1. The van der Waals surface area contributed by atoms with Crippen LogP contribution in [-0.4, -0.2) is 19.5 Å². The van der Waals surface area contributed by atoms with Crippen LogP contribution in [0.5, 0.6) is 0 Å². The van der Waals surface area contributed by atoms with Gasteiger partial charge >= 0.3 is 0 Å². The molecule has 0 unspecified atom stereocenters. The van der Waals surface area contributed by atoms with Crippen LogP contribution in [0.1, 0.15) is 6.42 Å². The normalized spacial score (nSPS) is 12.3. The molecule has 21 heavy (non-hydrogen) atoms. The van der Waals surface area contributed by atoms with Gasteiger partial charge in [-0.3, -0.25) is 0 Å². The van der Waals surface area contributed by atoms with Gasteiger partial charge in [-0.15, -0.1) is 11.8 Å². The Morgan fingerprint density at radius 1 is 1.57 bits per heavy atom. The first-order chi connectivity index (χ1) is 10.1. The van der Waals surface area contributed by atoms with E-state index in [0.717, 1.165) is 0 Å². The number of hydrogen-bond donors (Lipinski definition) is 2. The van der Waals surface area contributed by atoms with Crippen LogP contribution in [0.3, 0.4) is 0 Å². The zero-order valence-electron chi connectivity index (χ0n) is 11.8. The van der Waals surface area contributed by atoms with E-state index in [9.17, 15) is 9.65 Å². The number of benzene rings is 1.